The van der Waals surface area contributed by atoms with Gasteiger partial charge in [-0.05, 0) is 23.8 Å². The summed E-state index contributed by atoms with van der Waals surface area (Å²) in [5.41, 5.74) is 0.0995. The van der Waals surface area contributed by atoms with Crippen molar-refractivity contribution in [2.75, 3.05) is 7.05 Å². The fourth-order valence-electron chi connectivity index (χ4n) is 2.70. The molecule has 7 nitrogen and oxygen atoms in total. The number of carbonyl (C=O) groups excluding carboxylic acids is 1. The number of amides is 1. The summed E-state index contributed by atoms with van der Waals surface area (Å²) >= 11 is 5.85. The fourth-order valence-corrected chi connectivity index (χ4v) is 2.83. The van der Waals surface area contributed by atoms with E-state index in [-0.39, 0.29) is 28.9 Å². The maximum atomic E-state index is 12.6. The van der Waals surface area contributed by atoms with Crippen molar-refractivity contribution in [3.63, 3.8) is 0 Å². The van der Waals surface area contributed by atoms with E-state index in [9.17, 15) is 19.5 Å². The summed E-state index contributed by atoms with van der Waals surface area (Å²) < 4.78 is 0.895. The van der Waals surface area contributed by atoms with Crippen LogP contribution in [-0.4, -0.2) is 38.7 Å². The molecule has 0 fully saturated rings. The van der Waals surface area contributed by atoms with Crippen molar-refractivity contribution in [1.29, 1.82) is 0 Å². The number of carboxylic acid groups (broad SMARTS) is 1. The number of carbonyl (C=O) groups is 2. The minimum Gasteiger partial charge on any atom is -0.476 e. The van der Waals surface area contributed by atoms with E-state index in [0.29, 0.717) is 11.6 Å². The number of rotatable bonds is 5. The molecule has 3 rings (SSSR count). The maximum Gasteiger partial charge on any atom is 0.357 e. The largest absolute Gasteiger partial charge is 0.476 e. The van der Waals surface area contributed by atoms with Gasteiger partial charge in [0.1, 0.15) is 6.54 Å². The van der Waals surface area contributed by atoms with Crippen LogP contribution in [-0.2, 0) is 17.9 Å². The van der Waals surface area contributed by atoms with Crippen LogP contribution in [0.2, 0.25) is 5.02 Å². The highest BCUT2D eigenvalue weighted by atomic mass is 35.5. The van der Waals surface area contributed by atoms with Crippen LogP contribution in [0, 0.1) is 0 Å². The van der Waals surface area contributed by atoms with E-state index < -0.39 is 11.5 Å². The number of aromatic nitrogens is 2. The summed E-state index contributed by atoms with van der Waals surface area (Å²) in [6.07, 6.45) is 0. The zero-order valence-electron chi connectivity index (χ0n) is 14.4. The fraction of sp³-hybridized carbons (Fsp3) is 0.158. The highest BCUT2D eigenvalue weighted by Crippen LogP contribution is 2.14. The summed E-state index contributed by atoms with van der Waals surface area (Å²) in [5.74, 6) is -1.63. The molecule has 3 aromatic rings. The Bertz CT molecular complexity index is 1080. The first-order valence-corrected chi connectivity index (χ1v) is 8.46. The lowest BCUT2D eigenvalue weighted by molar-refractivity contribution is -0.131. The van der Waals surface area contributed by atoms with Crippen LogP contribution in [0.25, 0.3) is 10.8 Å². The van der Waals surface area contributed by atoms with Gasteiger partial charge in [0.05, 0.1) is 5.39 Å². The Morgan fingerprint density at radius 1 is 1.11 bits per heavy atom. The number of halogens is 1. The van der Waals surface area contributed by atoms with Crippen LogP contribution in [0.1, 0.15) is 16.1 Å². The predicted molar refractivity (Wildman–Crippen MR) is 101 cm³/mol. The summed E-state index contributed by atoms with van der Waals surface area (Å²) in [4.78, 5) is 38.0. The zero-order chi connectivity index (χ0) is 19.6. The molecule has 8 heteroatoms. The average molecular weight is 386 g/mol. The smallest absolute Gasteiger partial charge is 0.357 e. The molecule has 1 N–H and O–H groups in total. The number of benzene rings is 2. The summed E-state index contributed by atoms with van der Waals surface area (Å²) in [6, 6.07) is 13.4. The van der Waals surface area contributed by atoms with Crippen LogP contribution in [0.4, 0.5) is 0 Å². The van der Waals surface area contributed by atoms with Crippen molar-refractivity contribution < 1.29 is 14.7 Å². The number of hydrogen-bond acceptors (Lipinski definition) is 4. The first-order valence-electron chi connectivity index (χ1n) is 8.08. The second-order valence-corrected chi connectivity index (χ2v) is 6.47. The number of hydrogen-bond donors (Lipinski definition) is 1. The minimum absolute atomic E-state index is 0.207. The van der Waals surface area contributed by atoms with E-state index in [1.165, 1.54) is 17.0 Å². The summed E-state index contributed by atoms with van der Waals surface area (Å²) in [6.45, 7) is -0.0296. The Labute approximate surface area is 159 Å². The molecule has 0 unspecified atom stereocenters. The van der Waals surface area contributed by atoms with Crippen LogP contribution in [0.3, 0.4) is 0 Å². The van der Waals surface area contributed by atoms with E-state index in [1.807, 2.05) is 0 Å². The first kappa shape index (κ1) is 18.6. The van der Waals surface area contributed by atoms with Crippen molar-refractivity contribution in [2.24, 2.45) is 0 Å². The molecule has 0 atom stereocenters. The summed E-state index contributed by atoms with van der Waals surface area (Å²) in [7, 11) is 1.60. The Kier molecular flexibility index (Phi) is 5.23. The normalized spacial score (nSPS) is 10.7. The molecule has 0 spiro atoms. The zero-order valence-corrected chi connectivity index (χ0v) is 15.2. The van der Waals surface area contributed by atoms with Crippen LogP contribution in [0.15, 0.2) is 53.3 Å². The number of likely N-dealkylation sites (N-methyl/N-ethyl adjacent to an activating group) is 1. The quantitative estimate of drug-likeness (QED) is 0.728. The van der Waals surface area contributed by atoms with Gasteiger partial charge in [-0.1, -0.05) is 41.9 Å². The van der Waals surface area contributed by atoms with Gasteiger partial charge in [-0.3, -0.25) is 9.59 Å². The van der Waals surface area contributed by atoms with Crippen LogP contribution < -0.4 is 5.56 Å². The average Bonchev–Trinajstić information content (AvgIpc) is 2.65. The second kappa shape index (κ2) is 7.59. The Morgan fingerprint density at radius 3 is 2.37 bits per heavy atom. The Balaban J connectivity index is 1.88. The highest BCUT2D eigenvalue weighted by Gasteiger charge is 2.18. The lowest BCUT2D eigenvalue weighted by Gasteiger charge is -2.18. The SMILES string of the molecule is CN(Cc1ccc(Cl)cc1)C(=O)Cn1nc(C(=O)O)c2ccccc2c1=O. The van der Waals surface area contributed by atoms with Gasteiger partial charge < -0.3 is 10.0 Å². The van der Waals surface area contributed by atoms with Gasteiger partial charge in [0.15, 0.2) is 5.69 Å². The van der Waals surface area contributed by atoms with Gasteiger partial charge >= 0.3 is 5.97 Å². The predicted octanol–water partition coefficient (Wildman–Crippen LogP) is 2.41. The molecule has 0 radical (unpaired) electrons. The lowest BCUT2D eigenvalue weighted by atomic mass is 10.1. The molecule has 1 aromatic heterocycles. The minimum atomic E-state index is -1.26. The van der Waals surface area contributed by atoms with Gasteiger partial charge in [0.25, 0.3) is 5.56 Å². The molecule has 0 aliphatic heterocycles. The molecule has 138 valence electrons. The van der Waals surface area contributed by atoms with E-state index >= 15 is 0 Å². The number of carboxylic acids is 1. The monoisotopic (exact) mass is 385 g/mol. The molecule has 0 saturated carbocycles. The molecule has 27 heavy (non-hydrogen) atoms. The van der Waals surface area contributed by atoms with Gasteiger partial charge in [0, 0.05) is 24.0 Å². The highest BCUT2D eigenvalue weighted by molar-refractivity contribution is 6.30. The molecular weight excluding hydrogens is 370 g/mol. The van der Waals surface area contributed by atoms with Gasteiger partial charge in [-0.15, -0.1) is 0 Å². The van der Waals surface area contributed by atoms with Crippen molar-refractivity contribution in [1.82, 2.24) is 14.7 Å². The lowest BCUT2D eigenvalue weighted by Crippen LogP contribution is -2.35. The van der Waals surface area contributed by atoms with E-state index in [1.54, 1.807) is 43.4 Å². The topological polar surface area (TPSA) is 92.5 Å². The summed E-state index contributed by atoms with van der Waals surface area (Å²) in [5, 5.41) is 14.3. The second-order valence-electron chi connectivity index (χ2n) is 6.04. The molecule has 0 aliphatic carbocycles. The molecule has 0 bridgehead atoms. The van der Waals surface area contributed by atoms with Gasteiger partial charge in [-0.25, -0.2) is 9.48 Å². The maximum absolute atomic E-state index is 12.6. The van der Waals surface area contributed by atoms with E-state index in [0.717, 1.165) is 10.2 Å². The third kappa shape index (κ3) is 3.98. The molecule has 1 amide bonds. The number of nitrogens with zero attached hydrogens (tertiary/aromatic N) is 3. The molecule has 2 aromatic carbocycles. The van der Waals surface area contributed by atoms with Crippen molar-refractivity contribution in [3.05, 3.63) is 75.2 Å². The van der Waals surface area contributed by atoms with E-state index in [4.69, 9.17) is 11.6 Å². The molecular formula is C19H16ClN3O4. The number of fused-ring (bicyclic) bond motifs is 1. The van der Waals surface area contributed by atoms with Crippen molar-refractivity contribution in [3.8, 4) is 0 Å². The Hall–Kier alpha value is -3.19. The molecule has 0 saturated heterocycles. The van der Waals surface area contributed by atoms with Crippen molar-refractivity contribution in [2.45, 2.75) is 13.1 Å². The van der Waals surface area contributed by atoms with E-state index in [2.05, 4.69) is 5.10 Å². The Morgan fingerprint density at radius 2 is 1.74 bits per heavy atom. The molecule has 0 aliphatic rings. The number of aromatic carboxylic acids is 1. The molecule has 1 heterocycles. The van der Waals surface area contributed by atoms with Gasteiger partial charge in [0.2, 0.25) is 5.91 Å². The third-order valence-corrected chi connectivity index (χ3v) is 4.37. The first-order chi connectivity index (χ1) is 12.9. The van der Waals surface area contributed by atoms with Gasteiger partial charge in [-0.2, -0.15) is 5.10 Å². The van der Waals surface area contributed by atoms with Crippen LogP contribution >= 0.6 is 11.6 Å². The van der Waals surface area contributed by atoms with Crippen LogP contribution in [0.5, 0.6) is 0 Å². The third-order valence-electron chi connectivity index (χ3n) is 4.11. The standard InChI is InChI=1S/C19H16ClN3O4/c1-22(10-12-6-8-13(20)9-7-12)16(24)11-23-18(25)15-5-3-2-4-14(15)17(21-23)19(26)27/h2-9H,10-11H2,1H3,(H,26,27). The van der Waals surface area contributed by atoms with Crippen molar-refractivity contribution >= 4 is 34.2 Å².